The zero-order valence-corrected chi connectivity index (χ0v) is 17.0. The van der Waals surface area contributed by atoms with Crippen LogP contribution in [0, 0.1) is 6.92 Å². The second-order valence-electron chi connectivity index (χ2n) is 7.13. The van der Waals surface area contributed by atoms with E-state index in [9.17, 15) is 4.79 Å². The van der Waals surface area contributed by atoms with Crippen molar-refractivity contribution in [1.82, 2.24) is 4.57 Å². The molecule has 1 aromatic heterocycles. The van der Waals surface area contributed by atoms with E-state index in [0.717, 1.165) is 46.3 Å². The molecule has 2 aromatic carbocycles. The molecule has 1 amide bonds. The molecule has 1 aliphatic rings. The van der Waals surface area contributed by atoms with E-state index < -0.39 is 5.91 Å². The first kappa shape index (κ1) is 19.4. The number of aromatic nitrogens is 1. The largest absolute Gasteiger partial charge is 0.490 e. The Bertz CT molecular complexity index is 1040. The number of nitrogens with zero attached hydrogens (tertiary/aromatic N) is 1. The summed E-state index contributed by atoms with van der Waals surface area (Å²) in [5.41, 5.74) is 10.1. The fraction of sp³-hybridized carbons (Fsp3) is 0.261. The molecule has 0 fully saturated rings. The highest BCUT2D eigenvalue weighted by Gasteiger charge is 2.19. The summed E-state index contributed by atoms with van der Waals surface area (Å²) in [6, 6.07) is 15.6. The molecule has 0 saturated carbocycles. The van der Waals surface area contributed by atoms with Crippen LogP contribution in [-0.4, -0.2) is 23.7 Å². The normalized spacial score (nSPS) is 13.2. The molecule has 0 atom stereocenters. The molecule has 0 spiro atoms. The molecule has 2 heterocycles. The molecular weight excluding hydrogens is 388 g/mol. The Morgan fingerprint density at radius 1 is 1.07 bits per heavy atom. The standard InChI is InChI=1S/C23H23ClN2O3/c1-15-19(23(25)27)14-20(26(15)10-9-16-3-6-18(24)7-4-16)17-5-8-21-22(13-17)29-12-2-11-28-21/h3-8,13-14H,2,9-12H2,1H3,(H2,25,27). The van der Waals surface area contributed by atoms with Gasteiger partial charge in [-0.3, -0.25) is 4.79 Å². The van der Waals surface area contributed by atoms with Gasteiger partial charge in [-0.25, -0.2) is 0 Å². The Kier molecular flexibility index (Phi) is 5.49. The van der Waals surface area contributed by atoms with Crippen molar-refractivity contribution in [1.29, 1.82) is 0 Å². The molecular formula is C23H23ClN2O3. The maximum absolute atomic E-state index is 12.0. The fourth-order valence-corrected chi connectivity index (χ4v) is 3.76. The van der Waals surface area contributed by atoms with Gasteiger partial charge in [0.1, 0.15) is 0 Å². The number of carbonyl (C=O) groups excluding carboxylic acids is 1. The van der Waals surface area contributed by atoms with Gasteiger partial charge in [0.25, 0.3) is 5.91 Å². The van der Waals surface area contributed by atoms with Crippen molar-refractivity contribution in [2.24, 2.45) is 5.73 Å². The number of fused-ring (bicyclic) bond motifs is 1. The number of carbonyl (C=O) groups is 1. The molecule has 29 heavy (non-hydrogen) atoms. The van der Waals surface area contributed by atoms with E-state index in [2.05, 4.69) is 4.57 Å². The topological polar surface area (TPSA) is 66.5 Å². The summed E-state index contributed by atoms with van der Waals surface area (Å²) in [5.74, 6) is 1.05. The number of benzene rings is 2. The quantitative estimate of drug-likeness (QED) is 0.667. The second kappa shape index (κ2) is 8.21. The van der Waals surface area contributed by atoms with E-state index in [-0.39, 0.29) is 0 Å². The summed E-state index contributed by atoms with van der Waals surface area (Å²) in [6.07, 6.45) is 1.66. The minimum Gasteiger partial charge on any atom is -0.490 e. The summed E-state index contributed by atoms with van der Waals surface area (Å²) in [7, 11) is 0. The molecule has 0 bridgehead atoms. The highest BCUT2D eigenvalue weighted by molar-refractivity contribution is 6.30. The third-order valence-electron chi connectivity index (χ3n) is 5.21. The van der Waals surface area contributed by atoms with Gasteiger partial charge >= 0.3 is 0 Å². The number of ether oxygens (including phenoxy) is 2. The molecule has 2 N–H and O–H groups in total. The predicted molar refractivity (Wildman–Crippen MR) is 114 cm³/mol. The Morgan fingerprint density at radius 3 is 2.52 bits per heavy atom. The lowest BCUT2D eigenvalue weighted by Gasteiger charge is -2.14. The summed E-state index contributed by atoms with van der Waals surface area (Å²) in [6.45, 7) is 3.91. The van der Waals surface area contributed by atoms with Gasteiger partial charge in [0, 0.05) is 34.9 Å². The summed E-state index contributed by atoms with van der Waals surface area (Å²) in [5, 5.41) is 0.717. The lowest BCUT2D eigenvalue weighted by molar-refractivity contribution is 0.0999. The summed E-state index contributed by atoms with van der Waals surface area (Å²) < 4.78 is 13.7. The van der Waals surface area contributed by atoms with Gasteiger partial charge in [-0.05, 0) is 55.3 Å². The average molecular weight is 411 g/mol. The van der Waals surface area contributed by atoms with E-state index in [4.69, 9.17) is 26.8 Å². The molecule has 1 aliphatic heterocycles. The van der Waals surface area contributed by atoms with Gasteiger partial charge in [0.2, 0.25) is 0 Å². The van der Waals surface area contributed by atoms with Crippen LogP contribution in [0.25, 0.3) is 11.3 Å². The van der Waals surface area contributed by atoms with Crippen LogP contribution in [0.4, 0.5) is 0 Å². The molecule has 4 rings (SSSR count). The maximum Gasteiger partial charge on any atom is 0.250 e. The maximum atomic E-state index is 12.0. The monoisotopic (exact) mass is 410 g/mol. The minimum atomic E-state index is -0.427. The van der Waals surface area contributed by atoms with Crippen LogP contribution in [0.3, 0.4) is 0 Å². The summed E-state index contributed by atoms with van der Waals surface area (Å²) in [4.78, 5) is 12.0. The Hall–Kier alpha value is -2.92. The highest BCUT2D eigenvalue weighted by atomic mass is 35.5. The first-order chi connectivity index (χ1) is 14.0. The third kappa shape index (κ3) is 4.10. The van der Waals surface area contributed by atoms with Crippen molar-refractivity contribution in [3.63, 3.8) is 0 Å². The van der Waals surface area contributed by atoms with Crippen LogP contribution < -0.4 is 15.2 Å². The van der Waals surface area contributed by atoms with Gasteiger partial charge < -0.3 is 19.8 Å². The number of halogens is 1. The Morgan fingerprint density at radius 2 is 1.79 bits per heavy atom. The van der Waals surface area contributed by atoms with Crippen molar-refractivity contribution >= 4 is 17.5 Å². The first-order valence-electron chi connectivity index (χ1n) is 9.67. The number of amides is 1. The van der Waals surface area contributed by atoms with Crippen LogP contribution in [0.2, 0.25) is 5.02 Å². The van der Waals surface area contributed by atoms with Gasteiger partial charge in [0.05, 0.1) is 18.8 Å². The number of aryl methyl sites for hydroxylation is 1. The summed E-state index contributed by atoms with van der Waals surface area (Å²) >= 11 is 5.99. The van der Waals surface area contributed by atoms with Gasteiger partial charge in [-0.1, -0.05) is 23.7 Å². The second-order valence-corrected chi connectivity index (χ2v) is 7.57. The van der Waals surface area contributed by atoms with Crippen molar-refractivity contribution in [3.05, 3.63) is 70.4 Å². The van der Waals surface area contributed by atoms with Gasteiger partial charge in [0.15, 0.2) is 11.5 Å². The Labute approximate surface area is 175 Å². The van der Waals surface area contributed by atoms with Crippen molar-refractivity contribution < 1.29 is 14.3 Å². The molecule has 0 unspecified atom stereocenters. The SMILES string of the molecule is Cc1c(C(N)=O)cc(-c2ccc3c(c2)OCCCO3)n1CCc1ccc(Cl)cc1. The van der Waals surface area contributed by atoms with Crippen LogP contribution in [0.5, 0.6) is 11.5 Å². The van der Waals surface area contributed by atoms with E-state index in [1.54, 1.807) is 0 Å². The number of hydrogen-bond donors (Lipinski definition) is 1. The van der Waals surface area contributed by atoms with E-state index >= 15 is 0 Å². The smallest absolute Gasteiger partial charge is 0.250 e. The minimum absolute atomic E-state index is 0.427. The number of hydrogen-bond acceptors (Lipinski definition) is 3. The van der Waals surface area contributed by atoms with Crippen molar-refractivity contribution in [3.8, 4) is 22.8 Å². The van der Waals surface area contributed by atoms with Crippen molar-refractivity contribution in [2.45, 2.75) is 26.3 Å². The molecule has 0 radical (unpaired) electrons. The predicted octanol–water partition coefficient (Wildman–Crippen LogP) is 4.62. The Balaban J connectivity index is 1.70. The zero-order valence-electron chi connectivity index (χ0n) is 16.3. The average Bonchev–Trinajstić information content (AvgIpc) is 2.88. The molecule has 0 aliphatic carbocycles. The number of primary amides is 1. The molecule has 0 saturated heterocycles. The highest BCUT2D eigenvalue weighted by Crippen LogP contribution is 2.35. The molecule has 5 nitrogen and oxygen atoms in total. The van der Waals surface area contributed by atoms with E-state index in [1.165, 1.54) is 5.56 Å². The van der Waals surface area contributed by atoms with Gasteiger partial charge in [-0.15, -0.1) is 0 Å². The van der Waals surface area contributed by atoms with Crippen LogP contribution in [-0.2, 0) is 13.0 Å². The molecule has 150 valence electrons. The first-order valence-corrected chi connectivity index (χ1v) is 10.0. The van der Waals surface area contributed by atoms with E-state index in [0.29, 0.717) is 25.3 Å². The van der Waals surface area contributed by atoms with Crippen LogP contribution in [0.15, 0.2) is 48.5 Å². The van der Waals surface area contributed by atoms with Crippen LogP contribution in [0.1, 0.15) is 28.0 Å². The number of rotatable bonds is 5. The molecule has 3 aromatic rings. The fourth-order valence-electron chi connectivity index (χ4n) is 3.64. The lowest BCUT2D eigenvalue weighted by atomic mass is 10.1. The third-order valence-corrected chi connectivity index (χ3v) is 5.46. The number of nitrogens with two attached hydrogens (primary N) is 1. The van der Waals surface area contributed by atoms with Crippen LogP contribution >= 0.6 is 11.6 Å². The van der Waals surface area contributed by atoms with E-state index in [1.807, 2.05) is 55.5 Å². The lowest BCUT2D eigenvalue weighted by Crippen LogP contribution is -2.13. The zero-order chi connectivity index (χ0) is 20.4. The van der Waals surface area contributed by atoms with Crippen molar-refractivity contribution in [2.75, 3.05) is 13.2 Å². The van der Waals surface area contributed by atoms with Gasteiger partial charge in [-0.2, -0.15) is 0 Å². The molecule has 6 heteroatoms.